The molecule has 0 spiro atoms. The van der Waals surface area contributed by atoms with Crippen LogP contribution in [0.5, 0.6) is 0 Å². The SMILES string of the molecule is Cc1ccc(NC(=O)CSc2ccccc2C(=O)NCC(C)C(=O)O)cc1. The molecular formula is C20H22N2O4S. The number of carbonyl (C=O) groups is 3. The van der Waals surface area contributed by atoms with Gasteiger partial charge in [0.15, 0.2) is 0 Å². The first-order valence-corrected chi connectivity index (χ1v) is 9.44. The lowest BCUT2D eigenvalue weighted by atomic mass is 10.1. The zero-order valence-electron chi connectivity index (χ0n) is 15.2. The average molecular weight is 386 g/mol. The Morgan fingerprint density at radius 3 is 2.41 bits per heavy atom. The molecule has 1 atom stereocenters. The Kier molecular flexibility index (Phi) is 7.43. The van der Waals surface area contributed by atoms with Crippen molar-refractivity contribution in [1.82, 2.24) is 5.32 Å². The molecule has 0 saturated carbocycles. The Morgan fingerprint density at radius 2 is 1.74 bits per heavy atom. The Labute approximate surface area is 162 Å². The normalized spacial score (nSPS) is 11.5. The second-order valence-corrected chi connectivity index (χ2v) is 7.17. The number of aliphatic carboxylic acids is 1. The van der Waals surface area contributed by atoms with Crippen LogP contribution in [0, 0.1) is 12.8 Å². The fraction of sp³-hybridized carbons (Fsp3) is 0.250. The number of anilines is 1. The molecule has 0 bridgehead atoms. The molecule has 0 aliphatic carbocycles. The summed E-state index contributed by atoms with van der Waals surface area (Å²) >= 11 is 1.26. The smallest absolute Gasteiger partial charge is 0.308 e. The molecule has 3 N–H and O–H groups in total. The van der Waals surface area contributed by atoms with E-state index in [0.717, 1.165) is 11.3 Å². The molecule has 2 aromatic carbocycles. The third kappa shape index (κ3) is 6.45. The first-order valence-electron chi connectivity index (χ1n) is 8.46. The Hall–Kier alpha value is -2.80. The van der Waals surface area contributed by atoms with E-state index in [1.807, 2.05) is 31.2 Å². The van der Waals surface area contributed by atoms with Gasteiger partial charge in [-0.15, -0.1) is 11.8 Å². The van der Waals surface area contributed by atoms with Crippen molar-refractivity contribution in [3.05, 3.63) is 59.7 Å². The quantitative estimate of drug-likeness (QED) is 0.606. The summed E-state index contributed by atoms with van der Waals surface area (Å²) in [6.07, 6.45) is 0. The monoisotopic (exact) mass is 386 g/mol. The van der Waals surface area contributed by atoms with E-state index in [1.54, 1.807) is 24.3 Å². The first kappa shape index (κ1) is 20.5. The van der Waals surface area contributed by atoms with Crippen LogP contribution in [0.3, 0.4) is 0 Å². The highest BCUT2D eigenvalue weighted by Gasteiger charge is 2.16. The van der Waals surface area contributed by atoms with Gasteiger partial charge in [0.2, 0.25) is 5.91 Å². The van der Waals surface area contributed by atoms with Gasteiger partial charge in [-0.25, -0.2) is 0 Å². The number of nitrogens with one attached hydrogen (secondary N) is 2. The first-order chi connectivity index (χ1) is 12.9. The van der Waals surface area contributed by atoms with Crippen molar-refractivity contribution in [3.8, 4) is 0 Å². The molecule has 0 aliphatic heterocycles. The maximum Gasteiger partial charge on any atom is 0.308 e. The molecular weight excluding hydrogens is 364 g/mol. The van der Waals surface area contributed by atoms with Crippen molar-refractivity contribution in [1.29, 1.82) is 0 Å². The van der Waals surface area contributed by atoms with E-state index in [0.29, 0.717) is 10.5 Å². The summed E-state index contributed by atoms with van der Waals surface area (Å²) in [5.41, 5.74) is 2.25. The minimum absolute atomic E-state index is 0.0427. The van der Waals surface area contributed by atoms with Gasteiger partial charge >= 0.3 is 5.97 Å². The molecule has 0 aliphatic rings. The van der Waals surface area contributed by atoms with Gasteiger partial charge in [0.25, 0.3) is 5.91 Å². The molecule has 0 heterocycles. The summed E-state index contributed by atoms with van der Waals surface area (Å²) in [6.45, 7) is 3.54. The number of carbonyl (C=O) groups excluding carboxylic acids is 2. The van der Waals surface area contributed by atoms with E-state index >= 15 is 0 Å². The van der Waals surface area contributed by atoms with E-state index in [4.69, 9.17) is 5.11 Å². The Bertz CT molecular complexity index is 821. The number of rotatable bonds is 8. The number of carboxylic acid groups (broad SMARTS) is 1. The van der Waals surface area contributed by atoms with E-state index < -0.39 is 11.9 Å². The van der Waals surface area contributed by atoms with Crippen LogP contribution in [0.2, 0.25) is 0 Å². The van der Waals surface area contributed by atoms with Crippen molar-refractivity contribution in [2.24, 2.45) is 5.92 Å². The predicted octanol–water partition coefficient (Wildman–Crippen LogP) is 3.18. The van der Waals surface area contributed by atoms with Gasteiger partial charge in [-0.2, -0.15) is 0 Å². The minimum Gasteiger partial charge on any atom is -0.481 e. The van der Waals surface area contributed by atoms with E-state index in [1.165, 1.54) is 18.7 Å². The van der Waals surface area contributed by atoms with Crippen LogP contribution in [-0.4, -0.2) is 35.2 Å². The number of amides is 2. The van der Waals surface area contributed by atoms with E-state index in [2.05, 4.69) is 10.6 Å². The Balaban J connectivity index is 1.94. The fourth-order valence-corrected chi connectivity index (χ4v) is 3.04. The molecule has 1 unspecified atom stereocenters. The summed E-state index contributed by atoms with van der Waals surface area (Å²) in [5, 5.41) is 14.3. The van der Waals surface area contributed by atoms with Crippen LogP contribution in [-0.2, 0) is 9.59 Å². The van der Waals surface area contributed by atoms with Crippen LogP contribution >= 0.6 is 11.8 Å². The fourth-order valence-electron chi connectivity index (χ4n) is 2.19. The number of benzene rings is 2. The molecule has 0 fully saturated rings. The summed E-state index contributed by atoms with van der Waals surface area (Å²) < 4.78 is 0. The largest absolute Gasteiger partial charge is 0.481 e. The topological polar surface area (TPSA) is 95.5 Å². The standard InChI is InChI=1S/C20H22N2O4S/c1-13-7-9-15(10-8-13)22-18(23)12-27-17-6-4-3-5-16(17)19(24)21-11-14(2)20(25)26/h3-10,14H,11-12H2,1-2H3,(H,21,24)(H,22,23)(H,25,26). The van der Waals surface area contributed by atoms with Gasteiger partial charge in [0.1, 0.15) is 0 Å². The van der Waals surface area contributed by atoms with E-state index in [9.17, 15) is 14.4 Å². The molecule has 2 rings (SSSR count). The third-order valence-electron chi connectivity index (χ3n) is 3.82. The lowest BCUT2D eigenvalue weighted by molar-refractivity contribution is -0.140. The number of carboxylic acids is 1. The molecule has 0 saturated heterocycles. The summed E-state index contributed by atoms with van der Waals surface area (Å²) in [5.74, 6) is -2.01. The van der Waals surface area contributed by atoms with Gasteiger partial charge < -0.3 is 15.7 Å². The molecule has 6 nitrogen and oxygen atoms in total. The van der Waals surface area contributed by atoms with E-state index in [-0.39, 0.29) is 24.1 Å². The maximum absolute atomic E-state index is 12.3. The highest BCUT2D eigenvalue weighted by molar-refractivity contribution is 8.00. The van der Waals surface area contributed by atoms with Crippen molar-refractivity contribution >= 4 is 35.2 Å². The molecule has 2 amide bonds. The zero-order valence-corrected chi connectivity index (χ0v) is 16.0. The lowest BCUT2D eigenvalue weighted by Gasteiger charge is -2.12. The lowest BCUT2D eigenvalue weighted by Crippen LogP contribution is -2.31. The number of hydrogen-bond acceptors (Lipinski definition) is 4. The van der Waals surface area contributed by atoms with Crippen molar-refractivity contribution in [3.63, 3.8) is 0 Å². The second-order valence-electron chi connectivity index (χ2n) is 6.15. The number of aryl methyl sites for hydroxylation is 1. The summed E-state index contributed by atoms with van der Waals surface area (Å²) in [4.78, 5) is 36.0. The minimum atomic E-state index is -0.967. The van der Waals surface area contributed by atoms with Crippen molar-refractivity contribution < 1.29 is 19.5 Å². The summed E-state index contributed by atoms with van der Waals surface area (Å²) in [7, 11) is 0. The zero-order chi connectivity index (χ0) is 19.8. The van der Waals surface area contributed by atoms with Crippen LogP contribution in [0.25, 0.3) is 0 Å². The van der Waals surface area contributed by atoms with Crippen molar-refractivity contribution in [2.45, 2.75) is 18.7 Å². The Morgan fingerprint density at radius 1 is 1.07 bits per heavy atom. The van der Waals surface area contributed by atoms with Crippen LogP contribution < -0.4 is 10.6 Å². The number of hydrogen-bond donors (Lipinski definition) is 3. The molecule has 2 aromatic rings. The van der Waals surface area contributed by atoms with Gasteiger partial charge in [-0.1, -0.05) is 36.8 Å². The van der Waals surface area contributed by atoms with Gasteiger partial charge in [0.05, 0.1) is 17.2 Å². The molecule has 142 valence electrons. The highest BCUT2D eigenvalue weighted by Crippen LogP contribution is 2.23. The molecule has 0 radical (unpaired) electrons. The number of thioether (sulfide) groups is 1. The maximum atomic E-state index is 12.3. The van der Waals surface area contributed by atoms with Crippen molar-refractivity contribution in [2.75, 3.05) is 17.6 Å². The average Bonchev–Trinajstić information content (AvgIpc) is 2.66. The van der Waals surface area contributed by atoms with Crippen LogP contribution in [0.4, 0.5) is 5.69 Å². The van der Waals surface area contributed by atoms with Crippen LogP contribution in [0.15, 0.2) is 53.4 Å². The molecule has 7 heteroatoms. The van der Waals surface area contributed by atoms with Crippen LogP contribution in [0.1, 0.15) is 22.8 Å². The van der Waals surface area contributed by atoms with Gasteiger partial charge in [-0.05, 0) is 31.2 Å². The third-order valence-corrected chi connectivity index (χ3v) is 4.89. The summed E-state index contributed by atoms with van der Waals surface area (Å²) in [6, 6.07) is 14.4. The molecule has 0 aromatic heterocycles. The van der Waals surface area contributed by atoms with Gasteiger partial charge in [0, 0.05) is 17.1 Å². The highest BCUT2D eigenvalue weighted by atomic mass is 32.2. The predicted molar refractivity (Wildman–Crippen MR) is 106 cm³/mol. The molecule has 27 heavy (non-hydrogen) atoms. The second kappa shape index (κ2) is 9.78. The van der Waals surface area contributed by atoms with Gasteiger partial charge in [-0.3, -0.25) is 14.4 Å².